The lowest BCUT2D eigenvalue weighted by Crippen LogP contribution is -2.17. The van der Waals surface area contributed by atoms with Crippen LogP contribution in [0.4, 0.5) is 17.6 Å². The molecule has 1 nitrogen and oxygen atoms in total. The molecule has 0 atom stereocenters. The van der Waals surface area contributed by atoms with Crippen molar-refractivity contribution in [2.24, 2.45) is 11.8 Å². The lowest BCUT2D eigenvalue weighted by atomic mass is 9.75. The van der Waals surface area contributed by atoms with Crippen molar-refractivity contribution in [1.82, 2.24) is 0 Å². The first kappa shape index (κ1) is 26.0. The zero-order valence-electron chi connectivity index (χ0n) is 21.0. The van der Waals surface area contributed by atoms with Gasteiger partial charge < -0.3 is 4.74 Å². The molecule has 0 saturated heterocycles. The van der Waals surface area contributed by atoms with Crippen LogP contribution in [0, 0.1) is 35.1 Å². The molecule has 0 unspecified atom stereocenters. The van der Waals surface area contributed by atoms with Crippen LogP contribution >= 0.6 is 0 Å². The van der Waals surface area contributed by atoms with E-state index in [1.807, 2.05) is 12.1 Å². The van der Waals surface area contributed by atoms with E-state index < -0.39 is 23.3 Å². The number of aryl methyl sites for hydroxylation is 1. The van der Waals surface area contributed by atoms with Gasteiger partial charge >= 0.3 is 0 Å². The third-order valence-electron chi connectivity index (χ3n) is 8.54. The molecule has 5 heteroatoms. The average molecular weight is 491 g/mol. The van der Waals surface area contributed by atoms with Gasteiger partial charge in [-0.1, -0.05) is 31.5 Å². The molecule has 2 aliphatic carbocycles. The van der Waals surface area contributed by atoms with Crippen LogP contribution in [0.1, 0.15) is 107 Å². The lowest BCUT2D eigenvalue weighted by molar-refractivity contribution is 0.299. The first-order valence-electron chi connectivity index (χ1n) is 13.5. The fraction of sp³-hybridized carbons (Fsp3) is 0.600. The molecule has 2 aliphatic rings. The van der Waals surface area contributed by atoms with Crippen molar-refractivity contribution >= 4 is 0 Å². The average Bonchev–Trinajstić information content (AvgIpc) is 2.88. The van der Waals surface area contributed by atoms with E-state index in [4.69, 9.17) is 4.74 Å². The normalized spacial score (nSPS) is 25.0. The van der Waals surface area contributed by atoms with Gasteiger partial charge in [-0.3, -0.25) is 0 Å². The van der Waals surface area contributed by atoms with Gasteiger partial charge in [-0.2, -0.15) is 4.39 Å². The highest BCUT2D eigenvalue weighted by molar-refractivity contribution is 5.32. The third kappa shape index (κ3) is 5.86. The molecule has 0 aliphatic heterocycles. The van der Waals surface area contributed by atoms with Crippen molar-refractivity contribution in [3.8, 4) is 5.75 Å². The van der Waals surface area contributed by atoms with Crippen LogP contribution < -0.4 is 4.74 Å². The van der Waals surface area contributed by atoms with Crippen molar-refractivity contribution in [2.45, 2.75) is 96.3 Å². The van der Waals surface area contributed by atoms with E-state index >= 15 is 8.78 Å². The molecule has 2 saturated carbocycles. The predicted molar refractivity (Wildman–Crippen MR) is 132 cm³/mol. The van der Waals surface area contributed by atoms with E-state index in [-0.39, 0.29) is 24.2 Å². The fourth-order valence-electron chi connectivity index (χ4n) is 6.25. The molecular weight excluding hydrogens is 452 g/mol. The second-order valence-electron chi connectivity index (χ2n) is 10.5. The summed E-state index contributed by atoms with van der Waals surface area (Å²) in [6, 6.07) is 6.75. The second kappa shape index (κ2) is 11.8. The Labute approximate surface area is 207 Å². The Kier molecular flexibility index (Phi) is 8.77. The van der Waals surface area contributed by atoms with E-state index in [1.54, 1.807) is 13.0 Å². The molecule has 2 aromatic carbocycles. The molecule has 0 spiro atoms. The van der Waals surface area contributed by atoms with Gasteiger partial charge in [-0.05, 0) is 118 Å². The van der Waals surface area contributed by atoms with Gasteiger partial charge in [0.25, 0.3) is 0 Å². The summed E-state index contributed by atoms with van der Waals surface area (Å²) in [5.41, 5.74) is 1.43. The molecule has 2 aromatic rings. The highest BCUT2D eigenvalue weighted by Gasteiger charge is 2.29. The van der Waals surface area contributed by atoms with Crippen molar-refractivity contribution in [3.05, 3.63) is 64.2 Å². The Morgan fingerprint density at radius 3 is 1.71 bits per heavy atom. The molecular formula is C30H38F4O. The molecule has 0 radical (unpaired) electrons. The van der Waals surface area contributed by atoms with Gasteiger partial charge in [0, 0.05) is 0 Å². The molecule has 0 amide bonds. The lowest BCUT2D eigenvalue weighted by Gasteiger charge is -2.31. The molecule has 0 N–H and O–H groups in total. The van der Waals surface area contributed by atoms with Crippen molar-refractivity contribution in [1.29, 1.82) is 0 Å². The first-order chi connectivity index (χ1) is 16.9. The number of benzene rings is 2. The summed E-state index contributed by atoms with van der Waals surface area (Å²) in [5.74, 6) is -1.86. The quantitative estimate of drug-likeness (QED) is 0.335. The van der Waals surface area contributed by atoms with Gasteiger partial charge in [0.05, 0.1) is 6.61 Å². The predicted octanol–water partition coefficient (Wildman–Crippen LogP) is 9.23. The minimum atomic E-state index is -0.924. The summed E-state index contributed by atoms with van der Waals surface area (Å²) >= 11 is 0. The fourth-order valence-corrected chi connectivity index (χ4v) is 6.25. The molecule has 35 heavy (non-hydrogen) atoms. The summed E-state index contributed by atoms with van der Waals surface area (Å²) in [5, 5.41) is 0. The van der Waals surface area contributed by atoms with E-state index in [0.717, 1.165) is 70.1 Å². The second-order valence-corrected chi connectivity index (χ2v) is 10.5. The first-order valence-corrected chi connectivity index (χ1v) is 13.5. The third-order valence-corrected chi connectivity index (χ3v) is 8.54. The Bertz CT molecular complexity index is 988. The Hall–Kier alpha value is -2.04. The van der Waals surface area contributed by atoms with Crippen LogP contribution in [-0.4, -0.2) is 6.61 Å². The van der Waals surface area contributed by atoms with Gasteiger partial charge in [-0.15, -0.1) is 0 Å². The zero-order chi connectivity index (χ0) is 24.9. The van der Waals surface area contributed by atoms with Crippen LogP contribution in [0.15, 0.2) is 24.3 Å². The van der Waals surface area contributed by atoms with Crippen molar-refractivity contribution in [2.75, 3.05) is 6.61 Å². The van der Waals surface area contributed by atoms with Crippen LogP contribution in [0.25, 0.3) is 0 Å². The van der Waals surface area contributed by atoms with Crippen LogP contribution in [0.5, 0.6) is 5.75 Å². The smallest absolute Gasteiger partial charge is 0.200 e. The number of hydrogen-bond acceptors (Lipinski definition) is 1. The van der Waals surface area contributed by atoms with E-state index in [2.05, 4.69) is 6.92 Å². The summed E-state index contributed by atoms with van der Waals surface area (Å²) in [6.07, 6.45) is 9.82. The van der Waals surface area contributed by atoms with Gasteiger partial charge in [0.2, 0.25) is 5.82 Å². The SMILES string of the molecule is CCOc1ccc(CCC2CCC(c3ccc(C4CCC(CC)CC4)c(F)c3F)CC2)c(F)c1F. The molecule has 192 valence electrons. The van der Waals surface area contributed by atoms with Crippen LogP contribution in [0.2, 0.25) is 0 Å². The van der Waals surface area contributed by atoms with Gasteiger partial charge in [0.1, 0.15) is 0 Å². The summed E-state index contributed by atoms with van der Waals surface area (Å²) in [4.78, 5) is 0. The summed E-state index contributed by atoms with van der Waals surface area (Å²) < 4.78 is 63.8. The number of rotatable bonds is 8. The van der Waals surface area contributed by atoms with E-state index in [1.165, 1.54) is 6.07 Å². The minimum absolute atomic E-state index is 0.0188. The standard InChI is InChI=1S/C30H38F4O/c1-3-19-5-10-21(11-6-19)24-16-17-25(29(33)28(24)32)22-12-7-20(8-13-22)9-14-23-15-18-26(35-4-2)30(34)27(23)31/h15-22H,3-14H2,1-2H3. The largest absolute Gasteiger partial charge is 0.491 e. The van der Waals surface area contributed by atoms with Gasteiger partial charge in [0.15, 0.2) is 23.2 Å². The molecule has 0 bridgehead atoms. The number of halogens is 4. The van der Waals surface area contributed by atoms with Crippen LogP contribution in [0.3, 0.4) is 0 Å². The van der Waals surface area contributed by atoms with Crippen molar-refractivity contribution < 1.29 is 22.3 Å². The van der Waals surface area contributed by atoms with E-state index in [0.29, 0.717) is 29.0 Å². The topological polar surface area (TPSA) is 9.23 Å². The zero-order valence-corrected chi connectivity index (χ0v) is 21.0. The molecule has 2 fully saturated rings. The maximum absolute atomic E-state index is 15.1. The monoisotopic (exact) mass is 490 g/mol. The summed E-state index contributed by atoms with van der Waals surface area (Å²) in [6.45, 7) is 4.22. The molecule has 0 aromatic heterocycles. The van der Waals surface area contributed by atoms with Crippen LogP contribution in [-0.2, 0) is 6.42 Å². The number of hydrogen-bond donors (Lipinski definition) is 0. The summed E-state index contributed by atoms with van der Waals surface area (Å²) in [7, 11) is 0. The maximum atomic E-state index is 15.1. The highest BCUT2D eigenvalue weighted by Crippen LogP contribution is 2.42. The maximum Gasteiger partial charge on any atom is 0.200 e. The Morgan fingerprint density at radius 2 is 1.20 bits per heavy atom. The highest BCUT2D eigenvalue weighted by atomic mass is 19.2. The van der Waals surface area contributed by atoms with Gasteiger partial charge in [-0.25, -0.2) is 13.2 Å². The van der Waals surface area contributed by atoms with Crippen molar-refractivity contribution in [3.63, 3.8) is 0 Å². The number of ether oxygens (including phenoxy) is 1. The minimum Gasteiger partial charge on any atom is -0.491 e. The Balaban J connectivity index is 1.32. The molecule has 4 rings (SSSR count). The molecule has 0 heterocycles. The Morgan fingerprint density at radius 1 is 0.657 bits per heavy atom. The van der Waals surface area contributed by atoms with E-state index in [9.17, 15) is 8.78 Å².